The number of ether oxygens (including phenoxy) is 1. The van der Waals surface area contributed by atoms with Crippen molar-refractivity contribution in [2.75, 3.05) is 19.7 Å². The van der Waals surface area contributed by atoms with Gasteiger partial charge in [-0.1, -0.05) is 55.5 Å². The fraction of sp³-hybridized carbons (Fsp3) is 0.348. The summed E-state index contributed by atoms with van der Waals surface area (Å²) in [4.78, 5) is 39.4. The summed E-state index contributed by atoms with van der Waals surface area (Å²) >= 11 is 0. The van der Waals surface area contributed by atoms with Gasteiger partial charge in [-0.05, 0) is 18.1 Å². The highest BCUT2D eigenvalue weighted by atomic mass is 16.5. The van der Waals surface area contributed by atoms with E-state index >= 15 is 0 Å². The Kier molecular flexibility index (Phi) is 5.44. The molecule has 1 saturated heterocycles. The normalized spacial score (nSPS) is 21.0. The molecular formula is C23H25N3O4. The molecule has 7 nitrogen and oxygen atoms in total. The number of rotatable bonds is 6. The van der Waals surface area contributed by atoms with E-state index in [-0.39, 0.29) is 18.4 Å². The first-order chi connectivity index (χ1) is 14.5. The predicted molar refractivity (Wildman–Crippen MR) is 111 cm³/mol. The van der Waals surface area contributed by atoms with Gasteiger partial charge in [-0.15, -0.1) is 0 Å². The van der Waals surface area contributed by atoms with Crippen LogP contribution in [0.15, 0.2) is 54.6 Å². The van der Waals surface area contributed by atoms with E-state index in [2.05, 4.69) is 17.6 Å². The van der Waals surface area contributed by atoms with E-state index in [0.29, 0.717) is 30.9 Å². The van der Waals surface area contributed by atoms with Crippen molar-refractivity contribution in [3.8, 4) is 5.75 Å². The molecule has 2 unspecified atom stereocenters. The van der Waals surface area contributed by atoms with Crippen LogP contribution in [0.4, 0.5) is 4.79 Å². The van der Waals surface area contributed by atoms with Crippen molar-refractivity contribution < 1.29 is 19.1 Å². The van der Waals surface area contributed by atoms with Crippen LogP contribution in [0.5, 0.6) is 5.75 Å². The summed E-state index contributed by atoms with van der Waals surface area (Å²) < 4.78 is 5.63. The van der Waals surface area contributed by atoms with E-state index < -0.39 is 17.5 Å². The number of nitrogens with one attached hydrogen (secondary N) is 2. The van der Waals surface area contributed by atoms with Gasteiger partial charge in [-0.25, -0.2) is 4.79 Å². The summed E-state index contributed by atoms with van der Waals surface area (Å²) in [5, 5.41) is 5.68. The van der Waals surface area contributed by atoms with Gasteiger partial charge < -0.3 is 15.4 Å². The predicted octanol–water partition coefficient (Wildman–Crippen LogP) is 2.53. The molecule has 2 aliphatic heterocycles. The lowest BCUT2D eigenvalue weighted by Crippen LogP contribution is -2.48. The molecule has 2 heterocycles. The smallest absolute Gasteiger partial charge is 0.325 e. The highest BCUT2D eigenvalue weighted by Gasteiger charge is 2.55. The third-order valence-electron chi connectivity index (χ3n) is 5.87. The Morgan fingerprint density at radius 2 is 1.90 bits per heavy atom. The minimum Gasteiger partial charge on any atom is -0.493 e. The van der Waals surface area contributed by atoms with Gasteiger partial charge in [0.25, 0.3) is 5.91 Å². The molecule has 30 heavy (non-hydrogen) atoms. The topological polar surface area (TPSA) is 87.7 Å². The molecule has 4 amide bonds. The zero-order chi connectivity index (χ0) is 21.1. The van der Waals surface area contributed by atoms with Crippen LogP contribution in [-0.2, 0) is 15.1 Å². The number of hydrogen-bond donors (Lipinski definition) is 2. The second-order valence-electron chi connectivity index (χ2n) is 7.64. The van der Waals surface area contributed by atoms with Gasteiger partial charge in [0, 0.05) is 24.4 Å². The Morgan fingerprint density at radius 1 is 1.17 bits per heavy atom. The van der Waals surface area contributed by atoms with Gasteiger partial charge in [0.05, 0.1) is 6.61 Å². The summed E-state index contributed by atoms with van der Waals surface area (Å²) in [5.41, 5.74) is 0.614. The first-order valence-corrected chi connectivity index (χ1v) is 10.2. The number of urea groups is 1. The maximum atomic E-state index is 13.2. The van der Waals surface area contributed by atoms with Gasteiger partial charge in [0.1, 0.15) is 12.3 Å². The van der Waals surface area contributed by atoms with Crippen LogP contribution in [0.1, 0.15) is 36.8 Å². The van der Waals surface area contributed by atoms with E-state index in [1.54, 1.807) is 18.2 Å². The molecule has 2 atom stereocenters. The van der Waals surface area contributed by atoms with E-state index in [9.17, 15) is 14.4 Å². The highest BCUT2D eigenvalue weighted by molar-refractivity contribution is 6.09. The zero-order valence-electron chi connectivity index (χ0n) is 16.9. The molecule has 2 N–H and O–H groups in total. The summed E-state index contributed by atoms with van der Waals surface area (Å²) in [7, 11) is 0. The molecule has 7 heteroatoms. The monoisotopic (exact) mass is 407 g/mol. The number of para-hydroxylation sites is 1. The van der Waals surface area contributed by atoms with Crippen LogP contribution in [0, 0.1) is 0 Å². The van der Waals surface area contributed by atoms with Crippen molar-refractivity contribution >= 4 is 17.8 Å². The van der Waals surface area contributed by atoms with Gasteiger partial charge in [-0.2, -0.15) is 0 Å². The molecule has 4 rings (SSSR count). The van der Waals surface area contributed by atoms with Crippen LogP contribution in [0.2, 0.25) is 0 Å². The van der Waals surface area contributed by atoms with Crippen LogP contribution < -0.4 is 15.4 Å². The molecule has 0 aromatic heterocycles. The summed E-state index contributed by atoms with van der Waals surface area (Å²) in [5.74, 6) is -0.0110. The fourth-order valence-electron chi connectivity index (χ4n) is 4.18. The first kappa shape index (κ1) is 19.9. The maximum Gasteiger partial charge on any atom is 0.325 e. The lowest BCUT2D eigenvalue weighted by molar-refractivity contribution is -0.136. The Hall–Kier alpha value is -3.35. The SMILES string of the molecule is CCC(CNC(=O)CN1C(=O)NC2(CCOc3ccccc32)C1=O)c1ccccc1. The molecular weight excluding hydrogens is 382 g/mol. The van der Waals surface area contributed by atoms with Crippen molar-refractivity contribution in [1.82, 2.24) is 15.5 Å². The van der Waals surface area contributed by atoms with Crippen LogP contribution in [0.25, 0.3) is 0 Å². The summed E-state index contributed by atoms with van der Waals surface area (Å²) in [6.07, 6.45) is 1.20. The quantitative estimate of drug-likeness (QED) is 0.721. The molecule has 0 saturated carbocycles. The van der Waals surface area contributed by atoms with Gasteiger partial charge in [0.2, 0.25) is 5.91 Å². The molecule has 1 fully saturated rings. The second-order valence-corrected chi connectivity index (χ2v) is 7.64. The number of hydrogen-bond acceptors (Lipinski definition) is 4. The second kappa shape index (κ2) is 8.18. The number of carbonyl (C=O) groups excluding carboxylic acids is 3. The number of imide groups is 1. The maximum absolute atomic E-state index is 13.2. The Bertz CT molecular complexity index is 962. The molecule has 0 aliphatic carbocycles. The number of amides is 4. The lowest BCUT2D eigenvalue weighted by Gasteiger charge is -2.33. The number of nitrogens with zero attached hydrogens (tertiary/aromatic N) is 1. The molecule has 2 aromatic rings. The van der Waals surface area contributed by atoms with Crippen LogP contribution >= 0.6 is 0 Å². The Labute approximate surface area is 175 Å². The molecule has 1 spiro atoms. The molecule has 0 bridgehead atoms. The number of fused-ring (bicyclic) bond motifs is 2. The van der Waals surface area contributed by atoms with E-state index in [4.69, 9.17) is 4.74 Å². The van der Waals surface area contributed by atoms with Gasteiger partial charge >= 0.3 is 6.03 Å². The minimum absolute atomic E-state index is 0.173. The fourth-order valence-corrected chi connectivity index (χ4v) is 4.18. The highest BCUT2D eigenvalue weighted by Crippen LogP contribution is 2.40. The summed E-state index contributed by atoms with van der Waals surface area (Å²) in [6.45, 7) is 2.53. The third kappa shape index (κ3) is 3.51. The van der Waals surface area contributed by atoms with Crippen LogP contribution in [-0.4, -0.2) is 42.4 Å². The lowest BCUT2D eigenvalue weighted by atomic mass is 9.84. The molecule has 0 radical (unpaired) electrons. The third-order valence-corrected chi connectivity index (χ3v) is 5.87. The minimum atomic E-state index is -1.16. The average Bonchev–Trinajstić information content (AvgIpc) is 3.00. The number of carbonyl (C=O) groups is 3. The number of benzene rings is 2. The Morgan fingerprint density at radius 3 is 2.67 bits per heavy atom. The standard InChI is InChI=1S/C23H25N3O4/c1-2-16(17-8-4-3-5-9-17)14-24-20(27)15-26-21(28)23(25-22(26)29)12-13-30-19-11-7-6-10-18(19)23/h3-11,16H,2,12-15H2,1H3,(H,24,27)(H,25,29). The largest absolute Gasteiger partial charge is 0.493 e. The van der Waals surface area contributed by atoms with Crippen molar-refractivity contribution in [3.63, 3.8) is 0 Å². The van der Waals surface area contributed by atoms with Crippen LogP contribution in [0.3, 0.4) is 0 Å². The van der Waals surface area contributed by atoms with E-state index in [1.165, 1.54) is 0 Å². The Balaban J connectivity index is 1.44. The van der Waals surface area contributed by atoms with Crippen molar-refractivity contribution in [2.24, 2.45) is 0 Å². The van der Waals surface area contributed by atoms with E-state index in [0.717, 1.165) is 16.9 Å². The van der Waals surface area contributed by atoms with E-state index in [1.807, 2.05) is 36.4 Å². The summed E-state index contributed by atoms with van der Waals surface area (Å²) in [6, 6.07) is 16.6. The molecule has 2 aliphatic rings. The van der Waals surface area contributed by atoms with Gasteiger partial charge in [-0.3, -0.25) is 14.5 Å². The zero-order valence-corrected chi connectivity index (χ0v) is 16.9. The average molecular weight is 407 g/mol. The van der Waals surface area contributed by atoms with Crippen molar-refractivity contribution in [1.29, 1.82) is 0 Å². The molecule has 156 valence electrons. The van der Waals surface area contributed by atoms with Crippen molar-refractivity contribution in [2.45, 2.75) is 31.2 Å². The first-order valence-electron chi connectivity index (χ1n) is 10.2. The van der Waals surface area contributed by atoms with Crippen molar-refractivity contribution in [3.05, 3.63) is 65.7 Å². The molecule has 2 aromatic carbocycles. The van der Waals surface area contributed by atoms with Gasteiger partial charge in [0.15, 0.2) is 5.54 Å².